The van der Waals surface area contributed by atoms with E-state index in [1.165, 1.54) is 25.7 Å². The largest absolute Gasteiger partial charge is 0.351 e. The second-order valence-corrected chi connectivity index (χ2v) is 8.49. The van der Waals surface area contributed by atoms with Crippen LogP contribution in [0.5, 0.6) is 0 Å². The lowest BCUT2D eigenvalue weighted by Crippen LogP contribution is -2.54. The van der Waals surface area contributed by atoms with E-state index in [0.29, 0.717) is 43.8 Å². The molecule has 6 nitrogen and oxygen atoms in total. The van der Waals surface area contributed by atoms with Gasteiger partial charge in [-0.15, -0.1) is 12.4 Å². The number of halogens is 1. The third-order valence-electron chi connectivity index (χ3n) is 6.80. The van der Waals surface area contributed by atoms with E-state index in [4.69, 9.17) is 0 Å². The number of nitrogens with zero attached hydrogens (tertiary/aromatic N) is 2. The highest BCUT2D eigenvalue weighted by atomic mass is 35.5. The summed E-state index contributed by atoms with van der Waals surface area (Å²) in [6.07, 6.45) is 6.04. The lowest BCUT2D eigenvalue weighted by molar-refractivity contribution is -0.134. The van der Waals surface area contributed by atoms with Gasteiger partial charge in [0, 0.05) is 43.1 Å². The molecule has 2 amide bonds. The molecule has 0 spiro atoms. The third kappa shape index (κ3) is 3.88. The number of carbonyl (C=O) groups is 2. The summed E-state index contributed by atoms with van der Waals surface area (Å²) in [4.78, 5) is 32.8. The summed E-state index contributed by atoms with van der Waals surface area (Å²) in [5.41, 5.74) is 1.61. The number of hydrogen-bond acceptors (Lipinski definition) is 3. The Morgan fingerprint density at radius 3 is 2.45 bits per heavy atom. The quantitative estimate of drug-likeness (QED) is 0.791. The number of benzene rings is 1. The van der Waals surface area contributed by atoms with Gasteiger partial charge in [0.15, 0.2) is 0 Å². The first-order valence-electron chi connectivity index (χ1n) is 10.6. The van der Waals surface area contributed by atoms with Crippen molar-refractivity contribution in [2.75, 3.05) is 26.2 Å². The Hall–Kier alpha value is -2.05. The molecule has 2 saturated heterocycles. The van der Waals surface area contributed by atoms with E-state index in [2.05, 4.69) is 10.3 Å². The summed E-state index contributed by atoms with van der Waals surface area (Å²) < 4.78 is 0. The normalized spacial score (nSPS) is 26.8. The van der Waals surface area contributed by atoms with Gasteiger partial charge in [0.2, 0.25) is 5.91 Å². The van der Waals surface area contributed by atoms with Gasteiger partial charge in [-0.25, -0.2) is 0 Å². The minimum atomic E-state index is -0.0240. The summed E-state index contributed by atoms with van der Waals surface area (Å²) in [5.74, 6) is 0.924. The van der Waals surface area contributed by atoms with Gasteiger partial charge in [0.25, 0.3) is 5.91 Å². The fourth-order valence-corrected chi connectivity index (χ4v) is 5.22. The van der Waals surface area contributed by atoms with Crippen LogP contribution >= 0.6 is 12.4 Å². The molecule has 3 unspecified atom stereocenters. The molecule has 0 radical (unpaired) electrons. The Kier molecular flexibility index (Phi) is 5.83. The molecular formula is C22H29ClN4O2. The van der Waals surface area contributed by atoms with E-state index in [1.807, 2.05) is 40.1 Å². The monoisotopic (exact) mass is 416 g/mol. The second kappa shape index (κ2) is 8.36. The first-order chi connectivity index (χ1) is 13.7. The van der Waals surface area contributed by atoms with E-state index >= 15 is 0 Å². The number of nitrogens with one attached hydrogen (secondary N) is 2. The number of carbonyl (C=O) groups excluding carboxylic acids is 2. The fraction of sp³-hybridized carbons (Fsp3) is 0.545. The van der Waals surface area contributed by atoms with E-state index in [-0.39, 0.29) is 30.3 Å². The van der Waals surface area contributed by atoms with Gasteiger partial charge in [-0.2, -0.15) is 0 Å². The van der Waals surface area contributed by atoms with Crippen LogP contribution in [-0.4, -0.2) is 64.9 Å². The predicted octanol–water partition coefficient (Wildman–Crippen LogP) is 2.79. The molecular weight excluding hydrogens is 388 g/mol. The van der Waals surface area contributed by atoms with Crippen molar-refractivity contribution >= 4 is 35.1 Å². The molecule has 3 heterocycles. The Morgan fingerprint density at radius 1 is 0.966 bits per heavy atom. The summed E-state index contributed by atoms with van der Waals surface area (Å²) >= 11 is 0. The van der Waals surface area contributed by atoms with E-state index in [9.17, 15) is 9.59 Å². The third-order valence-corrected chi connectivity index (χ3v) is 6.80. The van der Waals surface area contributed by atoms with Crippen LogP contribution in [0.4, 0.5) is 0 Å². The van der Waals surface area contributed by atoms with E-state index < -0.39 is 0 Å². The maximum Gasteiger partial charge on any atom is 0.270 e. The summed E-state index contributed by atoms with van der Waals surface area (Å²) in [6.45, 7) is 2.44. The maximum absolute atomic E-state index is 13.0. The molecule has 1 aromatic carbocycles. The zero-order valence-corrected chi connectivity index (χ0v) is 17.4. The zero-order valence-electron chi connectivity index (χ0n) is 16.6. The Balaban J connectivity index is 0.00000205. The van der Waals surface area contributed by atoms with Crippen molar-refractivity contribution in [3.63, 3.8) is 0 Å². The lowest BCUT2D eigenvalue weighted by Gasteiger charge is -2.35. The number of aromatic nitrogens is 1. The standard InChI is InChI=1S/C22H28N4O2.ClH/c27-21(19-13-15-5-1-3-7-17(15)23-19)25-9-11-26(12-10-25)22(28)20-14-16-6-2-4-8-18(16)24-20;/h1,3,5,7,13,16,18,20,23-24H,2,4,6,8-12,14H2;1H. The topological polar surface area (TPSA) is 68.4 Å². The molecule has 3 aliphatic rings. The van der Waals surface area contributed by atoms with E-state index in [1.54, 1.807) is 0 Å². The van der Waals surface area contributed by atoms with Crippen LogP contribution in [-0.2, 0) is 4.79 Å². The van der Waals surface area contributed by atoms with Crippen LogP contribution in [0.3, 0.4) is 0 Å². The zero-order chi connectivity index (χ0) is 19.1. The number of aromatic amines is 1. The molecule has 2 N–H and O–H groups in total. The van der Waals surface area contributed by atoms with Crippen LogP contribution in [0.1, 0.15) is 42.6 Å². The Labute approximate surface area is 177 Å². The van der Waals surface area contributed by atoms with Crippen molar-refractivity contribution in [3.05, 3.63) is 36.0 Å². The van der Waals surface area contributed by atoms with Gasteiger partial charge in [0.05, 0.1) is 6.04 Å². The van der Waals surface area contributed by atoms with Crippen LogP contribution in [0.25, 0.3) is 10.9 Å². The minimum Gasteiger partial charge on any atom is -0.351 e. The second-order valence-electron chi connectivity index (χ2n) is 8.49. The van der Waals surface area contributed by atoms with Crippen LogP contribution in [0, 0.1) is 5.92 Å². The van der Waals surface area contributed by atoms with Crippen molar-refractivity contribution in [2.45, 2.75) is 44.2 Å². The number of amides is 2. The molecule has 2 aliphatic heterocycles. The number of hydrogen-bond donors (Lipinski definition) is 2. The number of rotatable bonds is 2. The SMILES string of the molecule is Cl.O=C(c1cc2ccccc2[nH]1)N1CCN(C(=O)C2CC3CCCCC3N2)CC1. The minimum absolute atomic E-state index is 0. The van der Waals surface area contributed by atoms with Gasteiger partial charge in [-0.3, -0.25) is 9.59 Å². The molecule has 3 atom stereocenters. The van der Waals surface area contributed by atoms with Crippen LogP contribution in [0.15, 0.2) is 30.3 Å². The van der Waals surface area contributed by atoms with Gasteiger partial charge in [-0.05, 0) is 37.3 Å². The van der Waals surface area contributed by atoms with Crippen molar-refractivity contribution in [1.29, 1.82) is 0 Å². The predicted molar refractivity (Wildman–Crippen MR) is 115 cm³/mol. The smallest absolute Gasteiger partial charge is 0.270 e. The Bertz CT molecular complexity index is 843. The highest BCUT2D eigenvalue weighted by Gasteiger charge is 2.40. The van der Waals surface area contributed by atoms with Gasteiger partial charge in [0.1, 0.15) is 5.69 Å². The molecule has 5 rings (SSSR count). The molecule has 7 heteroatoms. The Morgan fingerprint density at radius 2 is 1.69 bits per heavy atom. The first-order valence-corrected chi connectivity index (χ1v) is 10.6. The molecule has 1 aromatic heterocycles. The average Bonchev–Trinajstić information content (AvgIpc) is 3.37. The molecule has 29 heavy (non-hydrogen) atoms. The molecule has 3 fully saturated rings. The lowest BCUT2D eigenvalue weighted by atomic mass is 9.85. The highest BCUT2D eigenvalue weighted by Crippen LogP contribution is 2.33. The first kappa shape index (κ1) is 20.2. The van der Waals surface area contributed by atoms with Gasteiger partial charge >= 0.3 is 0 Å². The van der Waals surface area contributed by atoms with Crippen molar-refractivity contribution < 1.29 is 9.59 Å². The number of para-hydroxylation sites is 1. The van der Waals surface area contributed by atoms with Gasteiger partial charge < -0.3 is 20.1 Å². The summed E-state index contributed by atoms with van der Waals surface area (Å²) in [6, 6.07) is 10.4. The van der Waals surface area contributed by atoms with Crippen LogP contribution in [0.2, 0.25) is 0 Å². The average molecular weight is 417 g/mol. The van der Waals surface area contributed by atoms with Crippen LogP contribution < -0.4 is 5.32 Å². The van der Waals surface area contributed by atoms with Crippen molar-refractivity contribution in [1.82, 2.24) is 20.1 Å². The number of piperazine rings is 1. The van der Waals surface area contributed by atoms with E-state index in [0.717, 1.165) is 17.3 Å². The van der Waals surface area contributed by atoms with Crippen molar-refractivity contribution in [2.24, 2.45) is 5.92 Å². The number of fused-ring (bicyclic) bond motifs is 2. The molecule has 2 aromatic rings. The fourth-order valence-electron chi connectivity index (χ4n) is 5.22. The van der Waals surface area contributed by atoms with Gasteiger partial charge in [-0.1, -0.05) is 31.0 Å². The van der Waals surface area contributed by atoms with Crippen molar-refractivity contribution in [3.8, 4) is 0 Å². The molecule has 0 bridgehead atoms. The number of H-pyrrole nitrogens is 1. The maximum atomic E-state index is 13.0. The molecule has 156 valence electrons. The highest BCUT2D eigenvalue weighted by molar-refractivity contribution is 5.98. The summed E-state index contributed by atoms with van der Waals surface area (Å²) in [5, 5.41) is 4.64. The summed E-state index contributed by atoms with van der Waals surface area (Å²) in [7, 11) is 0. The molecule has 1 aliphatic carbocycles. The molecule has 1 saturated carbocycles.